The molecule has 7 heteroatoms. The molecule has 2 aromatic carbocycles. The first-order valence-electron chi connectivity index (χ1n) is 9.57. The number of rotatable bonds is 5. The van der Waals surface area contributed by atoms with E-state index < -0.39 is 4.75 Å². The van der Waals surface area contributed by atoms with E-state index in [-0.39, 0.29) is 5.97 Å². The Morgan fingerprint density at radius 2 is 1.97 bits per heavy atom. The smallest absolute Gasteiger partial charge is 0.322 e. The summed E-state index contributed by atoms with van der Waals surface area (Å²) in [7, 11) is 0. The molecule has 0 unspecified atom stereocenters. The predicted molar refractivity (Wildman–Crippen MR) is 118 cm³/mol. The van der Waals surface area contributed by atoms with Gasteiger partial charge >= 0.3 is 5.97 Å². The third-order valence-electron chi connectivity index (χ3n) is 4.80. The van der Waals surface area contributed by atoms with Gasteiger partial charge in [0.2, 0.25) is 0 Å². The van der Waals surface area contributed by atoms with E-state index in [2.05, 4.69) is 11.1 Å². The topological polar surface area (TPSA) is 80.8 Å². The monoisotopic (exact) mass is 416 g/mol. The van der Waals surface area contributed by atoms with Crippen LogP contribution in [0.2, 0.25) is 0 Å². The molecular formula is C23H20N4O2S. The summed E-state index contributed by atoms with van der Waals surface area (Å²) in [6.45, 7) is 5.77. The molecule has 0 N–H and O–H groups in total. The first-order chi connectivity index (χ1) is 14.5. The lowest BCUT2D eigenvalue weighted by atomic mass is 10.0. The highest BCUT2D eigenvalue weighted by Gasteiger charge is 2.33. The van der Waals surface area contributed by atoms with Crippen LogP contribution in [-0.4, -0.2) is 31.9 Å². The second-order valence-corrected chi connectivity index (χ2v) is 8.81. The Morgan fingerprint density at radius 3 is 2.70 bits per heavy atom. The molecule has 0 bridgehead atoms. The SMILES string of the molecule is CCOC(=O)C(C)(C)Sc1nc2ccncc2n1-c1ccc(C#N)c2ccccc12. The van der Waals surface area contributed by atoms with Gasteiger partial charge in [0.05, 0.1) is 41.2 Å². The van der Waals surface area contributed by atoms with Gasteiger partial charge in [-0.1, -0.05) is 36.0 Å². The molecule has 0 saturated heterocycles. The number of ether oxygens (including phenoxy) is 1. The maximum atomic E-state index is 12.5. The van der Waals surface area contributed by atoms with Crippen LogP contribution in [0.5, 0.6) is 0 Å². The van der Waals surface area contributed by atoms with E-state index in [1.165, 1.54) is 11.8 Å². The van der Waals surface area contributed by atoms with Crippen LogP contribution >= 0.6 is 11.8 Å². The molecule has 30 heavy (non-hydrogen) atoms. The molecule has 0 spiro atoms. The molecule has 0 atom stereocenters. The molecular weight excluding hydrogens is 396 g/mol. The van der Waals surface area contributed by atoms with Gasteiger partial charge in [0.25, 0.3) is 0 Å². The van der Waals surface area contributed by atoms with Crippen LogP contribution in [0, 0.1) is 11.3 Å². The third-order valence-corrected chi connectivity index (χ3v) is 5.94. The number of fused-ring (bicyclic) bond motifs is 2. The largest absolute Gasteiger partial charge is 0.465 e. The minimum absolute atomic E-state index is 0.295. The molecule has 0 aliphatic rings. The number of nitriles is 1. The van der Waals surface area contributed by atoms with Crippen molar-refractivity contribution in [1.29, 1.82) is 5.26 Å². The van der Waals surface area contributed by atoms with Crippen LogP contribution in [-0.2, 0) is 9.53 Å². The highest BCUT2D eigenvalue weighted by molar-refractivity contribution is 8.01. The number of pyridine rings is 1. The quantitative estimate of drug-likeness (QED) is 0.341. The molecule has 0 amide bonds. The Balaban J connectivity index is 1.96. The van der Waals surface area contributed by atoms with Gasteiger partial charge in [-0.3, -0.25) is 14.3 Å². The van der Waals surface area contributed by atoms with Gasteiger partial charge in [-0.2, -0.15) is 5.26 Å². The summed E-state index contributed by atoms with van der Waals surface area (Å²) >= 11 is 1.34. The summed E-state index contributed by atoms with van der Waals surface area (Å²) in [5.74, 6) is -0.295. The molecule has 0 radical (unpaired) electrons. The number of imidazole rings is 1. The van der Waals surface area contributed by atoms with Gasteiger partial charge in [0, 0.05) is 17.0 Å². The van der Waals surface area contributed by atoms with Crippen molar-refractivity contribution in [2.75, 3.05) is 6.61 Å². The van der Waals surface area contributed by atoms with E-state index in [9.17, 15) is 10.1 Å². The fraction of sp³-hybridized carbons (Fsp3) is 0.217. The number of carbonyl (C=O) groups excluding carboxylic acids is 1. The highest BCUT2D eigenvalue weighted by atomic mass is 32.2. The Morgan fingerprint density at radius 1 is 1.20 bits per heavy atom. The molecule has 0 fully saturated rings. The van der Waals surface area contributed by atoms with Crippen molar-refractivity contribution in [2.24, 2.45) is 0 Å². The molecule has 2 heterocycles. The van der Waals surface area contributed by atoms with Crippen LogP contribution < -0.4 is 0 Å². The average molecular weight is 417 g/mol. The van der Waals surface area contributed by atoms with E-state index in [1.54, 1.807) is 19.3 Å². The zero-order chi connectivity index (χ0) is 21.3. The number of esters is 1. The van der Waals surface area contributed by atoms with E-state index in [1.807, 2.05) is 60.9 Å². The lowest BCUT2D eigenvalue weighted by Gasteiger charge is -2.22. The predicted octanol–water partition coefficient (Wildman–Crippen LogP) is 4.88. The first-order valence-corrected chi connectivity index (χ1v) is 10.4. The Bertz CT molecular complexity index is 1300. The van der Waals surface area contributed by atoms with Crippen molar-refractivity contribution in [1.82, 2.24) is 14.5 Å². The molecule has 0 saturated carbocycles. The summed E-state index contributed by atoms with van der Waals surface area (Å²) in [4.78, 5) is 21.6. The summed E-state index contributed by atoms with van der Waals surface area (Å²) in [6.07, 6.45) is 3.46. The minimum Gasteiger partial charge on any atom is -0.465 e. The van der Waals surface area contributed by atoms with Gasteiger partial charge < -0.3 is 4.74 Å². The summed E-state index contributed by atoms with van der Waals surface area (Å²) < 4.78 is 6.42. The summed E-state index contributed by atoms with van der Waals surface area (Å²) in [5.41, 5.74) is 3.09. The van der Waals surface area contributed by atoms with E-state index in [0.29, 0.717) is 17.3 Å². The minimum atomic E-state index is -0.828. The average Bonchev–Trinajstić information content (AvgIpc) is 3.10. The molecule has 150 valence electrons. The fourth-order valence-electron chi connectivity index (χ4n) is 3.35. The van der Waals surface area contributed by atoms with Gasteiger partial charge in [0.1, 0.15) is 4.75 Å². The zero-order valence-electron chi connectivity index (χ0n) is 16.9. The Labute approximate surface area is 178 Å². The molecule has 0 aliphatic heterocycles. The number of nitrogens with zero attached hydrogens (tertiary/aromatic N) is 4. The number of thioether (sulfide) groups is 1. The molecule has 6 nitrogen and oxygen atoms in total. The molecule has 2 aromatic heterocycles. The Kier molecular flexibility index (Phi) is 5.18. The van der Waals surface area contributed by atoms with E-state index >= 15 is 0 Å². The maximum absolute atomic E-state index is 12.5. The van der Waals surface area contributed by atoms with Crippen molar-refractivity contribution < 1.29 is 9.53 Å². The standard InChI is InChI=1S/C23H20N4O2S/c1-4-29-21(28)23(2,3)30-22-26-18-11-12-25-14-20(18)27(22)19-10-9-15(13-24)16-7-5-6-8-17(16)19/h5-12,14H,4H2,1-3H3. The van der Waals surface area contributed by atoms with E-state index in [0.717, 1.165) is 27.5 Å². The van der Waals surface area contributed by atoms with Gasteiger partial charge in [-0.25, -0.2) is 4.98 Å². The summed E-state index contributed by atoms with van der Waals surface area (Å²) in [5, 5.41) is 12.0. The summed E-state index contributed by atoms with van der Waals surface area (Å²) in [6, 6.07) is 15.6. The first kappa shape index (κ1) is 19.9. The second-order valence-electron chi connectivity index (χ2n) is 7.22. The van der Waals surface area contributed by atoms with Crippen molar-refractivity contribution in [3.05, 3.63) is 60.4 Å². The number of carbonyl (C=O) groups is 1. The van der Waals surface area contributed by atoms with Crippen molar-refractivity contribution in [3.63, 3.8) is 0 Å². The molecule has 0 aliphatic carbocycles. The van der Waals surface area contributed by atoms with Crippen LogP contribution in [0.1, 0.15) is 26.3 Å². The second kappa shape index (κ2) is 7.81. The van der Waals surface area contributed by atoms with Gasteiger partial charge in [-0.05, 0) is 39.0 Å². The van der Waals surface area contributed by atoms with Crippen LogP contribution in [0.3, 0.4) is 0 Å². The van der Waals surface area contributed by atoms with Crippen LogP contribution in [0.15, 0.2) is 60.0 Å². The number of benzene rings is 2. The zero-order valence-corrected chi connectivity index (χ0v) is 17.7. The van der Waals surface area contributed by atoms with Gasteiger partial charge in [0.15, 0.2) is 5.16 Å². The van der Waals surface area contributed by atoms with Crippen LogP contribution in [0.4, 0.5) is 0 Å². The normalized spacial score (nSPS) is 11.5. The van der Waals surface area contributed by atoms with E-state index in [4.69, 9.17) is 9.72 Å². The van der Waals surface area contributed by atoms with Crippen LogP contribution in [0.25, 0.3) is 27.5 Å². The third kappa shape index (κ3) is 3.40. The highest BCUT2D eigenvalue weighted by Crippen LogP contribution is 2.38. The molecule has 4 rings (SSSR count). The van der Waals surface area contributed by atoms with Crippen molar-refractivity contribution >= 4 is 39.5 Å². The van der Waals surface area contributed by atoms with Crippen molar-refractivity contribution in [3.8, 4) is 11.8 Å². The molecule has 4 aromatic rings. The Hall–Kier alpha value is -3.37. The fourth-order valence-corrected chi connectivity index (χ4v) is 4.38. The van der Waals surface area contributed by atoms with Gasteiger partial charge in [-0.15, -0.1) is 0 Å². The number of hydrogen-bond donors (Lipinski definition) is 0. The lowest BCUT2D eigenvalue weighted by Crippen LogP contribution is -2.30. The number of hydrogen-bond acceptors (Lipinski definition) is 6. The maximum Gasteiger partial charge on any atom is 0.322 e. The van der Waals surface area contributed by atoms with Crippen molar-refractivity contribution in [2.45, 2.75) is 30.7 Å². The lowest BCUT2D eigenvalue weighted by molar-refractivity contribution is -0.145. The number of aromatic nitrogens is 3.